The van der Waals surface area contributed by atoms with E-state index >= 15 is 0 Å². The first-order valence-corrected chi connectivity index (χ1v) is 13.9. The lowest BCUT2D eigenvalue weighted by Gasteiger charge is -2.23. The minimum absolute atomic E-state index is 0.118. The lowest BCUT2D eigenvalue weighted by Crippen LogP contribution is -2.29. The molecule has 1 amide bonds. The van der Waals surface area contributed by atoms with Crippen molar-refractivity contribution in [1.82, 2.24) is 4.98 Å². The molecular weight excluding hydrogens is 556 g/mol. The Bertz CT molecular complexity index is 1740. The van der Waals surface area contributed by atoms with E-state index in [1.165, 1.54) is 37.1 Å². The molecule has 9 nitrogen and oxygen atoms in total. The second kappa shape index (κ2) is 11.5. The SMILES string of the molecule is COc1cc(C2/C(=C(\O)c3ccc(OCc4cccc(C)c4)cc3)C(=O)C(=O)N2c2nc(C)c(C(C)=O)s2)ccc1O. The molecule has 1 unspecified atom stereocenters. The topological polar surface area (TPSA) is 126 Å². The molecule has 0 spiro atoms. The predicted octanol–water partition coefficient (Wildman–Crippen LogP) is 5.88. The number of aliphatic hydroxyl groups excluding tert-OH is 1. The number of rotatable bonds is 8. The van der Waals surface area contributed by atoms with Crippen molar-refractivity contribution in [3.05, 3.63) is 105 Å². The number of ketones is 2. The molecule has 42 heavy (non-hydrogen) atoms. The van der Waals surface area contributed by atoms with Gasteiger partial charge in [0, 0.05) is 12.5 Å². The van der Waals surface area contributed by atoms with Crippen molar-refractivity contribution in [3.63, 3.8) is 0 Å². The summed E-state index contributed by atoms with van der Waals surface area (Å²) in [5.41, 5.74) is 3.08. The number of carbonyl (C=O) groups excluding carboxylic acids is 3. The van der Waals surface area contributed by atoms with Crippen molar-refractivity contribution in [2.75, 3.05) is 12.0 Å². The second-order valence-electron chi connectivity index (χ2n) is 9.87. The zero-order chi connectivity index (χ0) is 30.1. The molecule has 0 radical (unpaired) electrons. The fourth-order valence-electron chi connectivity index (χ4n) is 4.85. The number of Topliss-reactive ketones (excluding diaryl/α,β-unsaturated/α-hetero) is 2. The van der Waals surface area contributed by atoms with Crippen LogP contribution in [0.1, 0.15) is 50.6 Å². The Morgan fingerprint density at radius 1 is 1.05 bits per heavy atom. The summed E-state index contributed by atoms with van der Waals surface area (Å²) in [6.45, 7) is 5.41. The van der Waals surface area contributed by atoms with Gasteiger partial charge in [0.2, 0.25) is 0 Å². The molecule has 10 heteroatoms. The van der Waals surface area contributed by atoms with Crippen molar-refractivity contribution in [2.45, 2.75) is 33.4 Å². The third-order valence-electron chi connectivity index (χ3n) is 6.89. The zero-order valence-electron chi connectivity index (χ0n) is 23.4. The van der Waals surface area contributed by atoms with Gasteiger partial charge in [0.05, 0.1) is 29.3 Å². The summed E-state index contributed by atoms with van der Waals surface area (Å²) in [5, 5.41) is 21.8. The van der Waals surface area contributed by atoms with E-state index in [-0.39, 0.29) is 28.0 Å². The molecule has 1 atom stereocenters. The largest absolute Gasteiger partial charge is 0.507 e. The molecule has 1 aromatic heterocycles. The molecular formula is C32H28N2O7S. The Kier molecular flexibility index (Phi) is 7.82. The van der Waals surface area contributed by atoms with Crippen LogP contribution in [0.2, 0.25) is 0 Å². The maximum atomic E-state index is 13.5. The zero-order valence-corrected chi connectivity index (χ0v) is 24.2. The van der Waals surface area contributed by atoms with E-state index in [1.54, 1.807) is 31.2 Å². The molecule has 2 heterocycles. The molecule has 214 valence electrons. The van der Waals surface area contributed by atoms with E-state index in [1.807, 2.05) is 31.2 Å². The third kappa shape index (κ3) is 5.36. The number of anilines is 1. The van der Waals surface area contributed by atoms with Gasteiger partial charge >= 0.3 is 5.91 Å². The fourth-order valence-corrected chi connectivity index (χ4v) is 5.84. The molecule has 0 aliphatic carbocycles. The summed E-state index contributed by atoms with van der Waals surface area (Å²) in [6.07, 6.45) is 0. The number of aromatic nitrogens is 1. The van der Waals surface area contributed by atoms with Crippen LogP contribution in [-0.4, -0.2) is 39.8 Å². The van der Waals surface area contributed by atoms with Crippen molar-refractivity contribution < 1.29 is 34.1 Å². The van der Waals surface area contributed by atoms with Gasteiger partial charge in [0.15, 0.2) is 22.4 Å². The van der Waals surface area contributed by atoms with E-state index in [2.05, 4.69) is 4.98 Å². The highest BCUT2D eigenvalue weighted by Crippen LogP contribution is 2.45. The maximum Gasteiger partial charge on any atom is 0.301 e. The van der Waals surface area contributed by atoms with Gasteiger partial charge < -0.3 is 19.7 Å². The summed E-state index contributed by atoms with van der Waals surface area (Å²) in [7, 11) is 1.38. The number of aromatic hydroxyl groups is 1. The highest BCUT2D eigenvalue weighted by Gasteiger charge is 2.48. The quantitative estimate of drug-likeness (QED) is 0.114. The Labute approximate surface area is 246 Å². The highest BCUT2D eigenvalue weighted by atomic mass is 32.1. The fraction of sp³-hybridized carbons (Fsp3) is 0.188. The van der Waals surface area contributed by atoms with Gasteiger partial charge in [-0.3, -0.25) is 19.3 Å². The molecule has 4 aromatic rings. The van der Waals surface area contributed by atoms with Gasteiger partial charge in [0.1, 0.15) is 18.1 Å². The van der Waals surface area contributed by atoms with E-state index in [4.69, 9.17) is 9.47 Å². The van der Waals surface area contributed by atoms with Crippen LogP contribution in [0, 0.1) is 13.8 Å². The number of phenols is 1. The summed E-state index contributed by atoms with van der Waals surface area (Å²) in [6, 6.07) is 17.8. The van der Waals surface area contributed by atoms with Crippen LogP contribution < -0.4 is 14.4 Å². The molecule has 1 aliphatic rings. The highest BCUT2D eigenvalue weighted by molar-refractivity contribution is 7.18. The summed E-state index contributed by atoms with van der Waals surface area (Å²) < 4.78 is 11.1. The number of aliphatic hydroxyl groups is 1. The van der Waals surface area contributed by atoms with Gasteiger partial charge in [0.25, 0.3) is 5.78 Å². The van der Waals surface area contributed by atoms with Crippen LogP contribution in [0.4, 0.5) is 5.13 Å². The lowest BCUT2D eigenvalue weighted by atomic mass is 9.95. The molecule has 2 N–H and O–H groups in total. The minimum Gasteiger partial charge on any atom is -0.507 e. The molecule has 0 bridgehead atoms. The van der Waals surface area contributed by atoms with E-state index < -0.39 is 23.5 Å². The third-order valence-corrected chi connectivity index (χ3v) is 8.15. The van der Waals surface area contributed by atoms with Crippen molar-refractivity contribution >= 4 is 39.7 Å². The summed E-state index contributed by atoms with van der Waals surface area (Å²) >= 11 is 0.989. The van der Waals surface area contributed by atoms with Gasteiger partial charge in [-0.15, -0.1) is 0 Å². The average molecular weight is 585 g/mol. The van der Waals surface area contributed by atoms with Crippen LogP contribution in [0.25, 0.3) is 5.76 Å². The number of hydrogen-bond acceptors (Lipinski definition) is 9. The number of carbonyl (C=O) groups is 3. The number of nitrogens with zero attached hydrogens (tertiary/aromatic N) is 2. The predicted molar refractivity (Wildman–Crippen MR) is 158 cm³/mol. The second-order valence-corrected chi connectivity index (χ2v) is 10.8. The number of phenolic OH excluding ortho intramolecular Hbond substituents is 1. The Hall–Kier alpha value is -4.96. The number of methoxy groups -OCH3 is 1. The van der Waals surface area contributed by atoms with Gasteiger partial charge in [-0.1, -0.05) is 47.2 Å². The van der Waals surface area contributed by atoms with E-state index in [0.29, 0.717) is 34.1 Å². The van der Waals surface area contributed by atoms with Crippen LogP contribution >= 0.6 is 11.3 Å². The van der Waals surface area contributed by atoms with E-state index in [0.717, 1.165) is 22.5 Å². The first-order chi connectivity index (χ1) is 20.1. The first-order valence-electron chi connectivity index (χ1n) is 13.0. The Balaban J connectivity index is 1.56. The maximum absolute atomic E-state index is 13.5. The van der Waals surface area contributed by atoms with Crippen LogP contribution in [-0.2, 0) is 16.2 Å². The Morgan fingerprint density at radius 3 is 2.43 bits per heavy atom. The van der Waals surface area contributed by atoms with Gasteiger partial charge in [-0.05, 0) is 61.4 Å². The van der Waals surface area contributed by atoms with Crippen molar-refractivity contribution in [1.29, 1.82) is 0 Å². The van der Waals surface area contributed by atoms with E-state index in [9.17, 15) is 24.6 Å². The molecule has 1 aliphatic heterocycles. The first kappa shape index (κ1) is 28.6. The Morgan fingerprint density at radius 2 is 1.79 bits per heavy atom. The molecule has 3 aromatic carbocycles. The van der Waals surface area contributed by atoms with Gasteiger partial charge in [-0.25, -0.2) is 4.98 Å². The molecule has 5 rings (SSSR count). The lowest BCUT2D eigenvalue weighted by molar-refractivity contribution is -0.132. The van der Waals surface area contributed by atoms with Crippen molar-refractivity contribution in [2.24, 2.45) is 0 Å². The monoisotopic (exact) mass is 584 g/mol. The smallest absolute Gasteiger partial charge is 0.301 e. The summed E-state index contributed by atoms with van der Waals surface area (Å²) in [5.74, 6) is -1.89. The van der Waals surface area contributed by atoms with Crippen molar-refractivity contribution in [3.8, 4) is 17.2 Å². The normalized spacial score (nSPS) is 16.1. The number of aryl methyl sites for hydroxylation is 2. The van der Waals surface area contributed by atoms with Crippen LogP contribution in [0.5, 0.6) is 17.2 Å². The van der Waals surface area contributed by atoms with Gasteiger partial charge in [-0.2, -0.15) is 0 Å². The number of ether oxygens (including phenoxy) is 2. The standard InChI is InChI=1S/C32H28N2O7S/c1-17-6-5-7-20(14-17)16-41-23-11-8-21(9-12-23)28(37)26-27(22-10-13-24(36)25(15-22)40-4)34(31(39)29(26)38)32-33-18(2)30(42-32)19(3)35/h5-15,27,36-37H,16H2,1-4H3/b28-26+. The minimum atomic E-state index is -1.11. The molecule has 1 saturated heterocycles. The van der Waals surface area contributed by atoms with Crippen LogP contribution in [0.3, 0.4) is 0 Å². The molecule has 1 fully saturated rings. The number of benzene rings is 3. The number of amides is 1. The number of thiazole rings is 1. The molecule has 0 saturated carbocycles. The average Bonchev–Trinajstić information content (AvgIpc) is 3.48. The van der Waals surface area contributed by atoms with Crippen LogP contribution in [0.15, 0.2) is 72.3 Å². The summed E-state index contributed by atoms with van der Waals surface area (Å²) in [4.78, 5) is 45.0. The number of hydrogen-bond donors (Lipinski definition) is 2.